The first-order valence-electron chi connectivity index (χ1n) is 10.1. The van der Waals surface area contributed by atoms with E-state index >= 15 is 0 Å². The van der Waals surface area contributed by atoms with Crippen LogP contribution in [-0.4, -0.2) is 60.6 Å². The van der Waals surface area contributed by atoms with E-state index in [9.17, 15) is 4.79 Å². The van der Waals surface area contributed by atoms with Crippen LogP contribution in [0.1, 0.15) is 45.1 Å². The van der Waals surface area contributed by atoms with E-state index in [2.05, 4.69) is 38.7 Å². The van der Waals surface area contributed by atoms with E-state index in [1.54, 1.807) is 12.1 Å². The van der Waals surface area contributed by atoms with E-state index in [0.717, 1.165) is 45.3 Å². The molecule has 0 spiro atoms. The summed E-state index contributed by atoms with van der Waals surface area (Å²) in [6.07, 6.45) is 4.23. The summed E-state index contributed by atoms with van der Waals surface area (Å²) in [5.41, 5.74) is 0.483. The van der Waals surface area contributed by atoms with Gasteiger partial charge in [0.2, 0.25) is 0 Å². The number of hydrogen-bond donors (Lipinski definition) is 0. The van der Waals surface area contributed by atoms with Crippen LogP contribution >= 0.6 is 15.9 Å². The average molecular weight is 450 g/mol. The van der Waals surface area contributed by atoms with E-state index in [4.69, 9.17) is 14.7 Å². The number of likely N-dealkylation sites (tertiary alicyclic amines) is 1. The topological polar surface area (TPSA) is 65.8 Å². The molecule has 0 N–H and O–H groups in total. The number of halogens is 1. The largest absolute Gasteiger partial charge is 0.490 e. The molecule has 1 saturated carbocycles. The van der Waals surface area contributed by atoms with Crippen LogP contribution in [0.25, 0.3) is 0 Å². The minimum Gasteiger partial charge on any atom is -0.490 e. The van der Waals surface area contributed by atoms with Crippen LogP contribution in [0, 0.1) is 11.3 Å². The molecule has 0 atom stereocenters. The normalized spacial score (nSPS) is 17.8. The minimum absolute atomic E-state index is 0.0188. The molecule has 1 heterocycles. The molecule has 7 heteroatoms. The van der Waals surface area contributed by atoms with Crippen LogP contribution in [0.4, 0.5) is 0 Å². The third-order valence-electron chi connectivity index (χ3n) is 5.40. The molecule has 0 aromatic heterocycles. The Morgan fingerprint density at radius 2 is 1.89 bits per heavy atom. The van der Waals surface area contributed by atoms with E-state index in [1.807, 2.05) is 6.92 Å². The monoisotopic (exact) mass is 449 g/mol. The summed E-state index contributed by atoms with van der Waals surface area (Å²) in [6.45, 7) is 7.66. The molecule has 0 radical (unpaired) electrons. The first kappa shape index (κ1) is 20.9. The van der Waals surface area contributed by atoms with Crippen LogP contribution in [0.3, 0.4) is 0 Å². The molecule has 28 heavy (non-hydrogen) atoms. The van der Waals surface area contributed by atoms with Crippen molar-refractivity contribution in [1.82, 2.24) is 9.80 Å². The third-order valence-corrected chi connectivity index (χ3v) is 5.99. The molecule has 1 aliphatic heterocycles. The highest BCUT2D eigenvalue weighted by molar-refractivity contribution is 9.10. The molecule has 1 aromatic carbocycles. The molecule has 0 bridgehead atoms. The highest BCUT2D eigenvalue weighted by Gasteiger charge is 2.38. The van der Waals surface area contributed by atoms with Crippen molar-refractivity contribution >= 4 is 21.8 Å². The van der Waals surface area contributed by atoms with E-state index in [0.29, 0.717) is 40.2 Å². The number of nitriles is 1. The van der Waals surface area contributed by atoms with Crippen molar-refractivity contribution in [3.8, 4) is 17.6 Å². The van der Waals surface area contributed by atoms with Crippen molar-refractivity contribution in [1.29, 1.82) is 5.26 Å². The zero-order chi connectivity index (χ0) is 20.1. The lowest BCUT2D eigenvalue weighted by Gasteiger charge is -2.38. The van der Waals surface area contributed by atoms with Gasteiger partial charge in [-0.25, -0.2) is 0 Å². The number of nitrogens with zero attached hydrogens (tertiary/aromatic N) is 3. The van der Waals surface area contributed by atoms with E-state index in [1.165, 1.54) is 0 Å². The number of piperidine rings is 1. The van der Waals surface area contributed by atoms with Gasteiger partial charge in [-0.2, -0.15) is 5.26 Å². The summed E-state index contributed by atoms with van der Waals surface area (Å²) in [6, 6.07) is 6.11. The lowest BCUT2D eigenvalue weighted by Crippen LogP contribution is -2.49. The predicted molar refractivity (Wildman–Crippen MR) is 111 cm³/mol. The summed E-state index contributed by atoms with van der Waals surface area (Å²) < 4.78 is 12.1. The summed E-state index contributed by atoms with van der Waals surface area (Å²) in [7, 11) is 0. The van der Waals surface area contributed by atoms with E-state index in [-0.39, 0.29) is 12.5 Å². The van der Waals surface area contributed by atoms with Crippen LogP contribution in [0.15, 0.2) is 16.6 Å². The van der Waals surface area contributed by atoms with Gasteiger partial charge in [0.15, 0.2) is 18.1 Å². The summed E-state index contributed by atoms with van der Waals surface area (Å²) in [5.74, 6) is 0.998. The lowest BCUT2D eigenvalue weighted by atomic mass is 10.0. The molecule has 1 aliphatic carbocycles. The Morgan fingerprint density at radius 3 is 2.46 bits per heavy atom. The summed E-state index contributed by atoms with van der Waals surface area (Å²) >= 11 is 3.44. The number of hydrogen-bond acceptors (Lipinski definition) is 5. The zero-order valence-electron chi connectivity index (χ0n) is 16.6. The second-order valence-electron chi connectivity index (χ2n) is 7.32. The van der Waals surface area contributed by atoms with Gasteiger partial charge >= 0.3 is 0 Å². The molecular formula is C21H28BrN3O3. The molecule has 3 rings (SSSR count). The maximum atomic E-state index is 13.0. The van der Waals surface area contributed by atoms with Gasteiger partial charge in [-0.1, -0.05) is 6.92 Å². The highest BCUT2D eigenvalue weighted by Crippen LogP contribution is 2.37. The minimum atomic E-state index is -0.0188. The number of benzene rings is 1. The first-order valence-corrected chi connectivity index (χ1v) is 10.9. The summed E-state index contributed by atoms with van der Waals surface area (Å²) in [4.78, 5) is 17.5. The maximum Gasteiger partial charge on any atom is 0.261 e. The molecule has 1 amide bonds. The van der Waals surface area contributed by atoms with Crippen LogP contribution < -0.4 is 9.47 Å². The first-order chi connectivity index (χ1) is 13.6. The SMILES string of the molecule is CCOc1cc(C#N)cc(Br)c1OCC(=O)N(C1CC1)C1CCN(CC)CC1. The smallest absolute Gasteiger partial charge is 0.261 e. The van der Waals surface area contributed by atoms with Gasteiger partial charge in [-0.15, -0.1) is 0 Å². The number of carbonyl (C=O) groups is 1. The fraction of sp³-hybridized carbons (Fsp3) is 0.619. The molecule has 1 aromatic rings. The van der Waals surface area contributed by atoms with Gasteiger partial charge in [0, 0.05) is 31.2 Å². The van der Waals surface area contributed by atoms with Gasteiger partial charge in [0.05, 0.1) is 22.7 Å². The Morgan fingerprint density at radius 1 is 1.21 bits per heavy atom. The summed E-state index contributed by atoms with van der Waals surface area (Å²) in [5, 5.41) is 9.15. The lowest BCUT2D eigenvalue weighted by molar-refractivity contribution is -0.137. The molecule has 2 aliphatic rings. The molecule has 1 saturated heterocycles. The average Bonchev–Trinajstić information content (AvgIpc) is 3.53. The molecule has 6 nitrogen and oxygen atoms in total. The molecular weight excluding hydrogens is 422 g/mol. The Kier molecular flexibility index (Phi) is 7.19. The molecule has 2 fully saturated rings. The van der Waals surface area contributed by atoms with Crippen LogP contribution in [0.5, 0.6) is 11.5 Å². The van der Waals surface area contributed by atoms with Gasteiger partial charge < -0.3 is 19.3 Å². The molecule has 0 unspecified atom stereocenters. The quantitative estimate of drug-likeness (QED) is 0.606. The fourth-order valence-corrected chi connectivity index (χ4v) is 4.37. The third kappa shape index (κ3) is 4.98. The number of ether oxygens (including phenoxy) is 2. The Balaban J connectivity index is 1.68. The van der Waals surface area contributed by atoms with Crippen molar-refractivity contribution < 1.29 is 14.3 Å². The highest BCUT2D eigenvalue weighted by atomic mass is 79.9. The fourth-order valence-electron chi connectivity index (χ4n) is 3.82. The standard InChI is InChI=1S/C21H28BrN3O3/c1-3-24-9-7-17(8-10-24)25(16-5-6-16)20(26)14-28-21-18(22)11-15(13-23)12-19(21)27-4-2/h11-12,16-17H,3-10,14H2,1-2H3. The van der Waals surface area contributed by atoms with Gasteiger partial charge in [-0.05, 0) is 61.1 Å². The van der Waals surface area contributed by atoms with Crippen LogP contribution in [-0.2, 0) is 4.79 Å². The maximum absolute atomic E-state index is 13.0. The van der Waals surface area contributed by atoms with Crippen molar-refractivity contribution in [3.63, 3.8) is 0 Å². The Labute approximate surface area is 175 Å². The van der Waals surface area contributed by atoms with Crippen molar-refractivity contribution in [2.45, 2.75) is 51.6 Å². The molecule has 152 valence electrons. The van der Waals surface area contributed by atoms with Crippen molar-refractivity contribution in [2.75, 3.05) is 32.8 Å². The Bertz CT molecular complexity index is 737. The van der Waals surface area contributed by atoms with Gasteiger partial charge in [0.1, 0.15) is 0 Å². The van der Waals surface area contributed by atoms with Crippen molar-refractivity contribution in [3.05, 3.63) is 22.2 Å². The number of carbonyl (C=O) groups excluding carboxylic acids is 1. The van der Waals surface area contributed by atoms with Gasteiger partial charge in [-0.3, -0.25) is 4.79 Å². The van der Waals surface area contributed by atoms with E-state index < -0.39 is 0 Å². The predicted octanol–water partition coefficient (Wildman–Crippen LogP) is 3.57. The van der Waals surface area contributed by atoms with Gasteiger partial charge in [0.25, 0.3) is 5.91 Å². The number of amides is 1. The number of rotatable bonds is 8. The second-order valence-corrected chi connectivity index (χ2v) is 8.17. The Hall–Kier alpha value is -1.78. The second kappa shape index (κ2) is 9.62. The van der Waals surface area contributed by atoms with Crippen LogP contribution in [0.2, 0.25) is 0 Å². The zero-order valence-corrected chi connectivity index (χ0v) is 18.2. The van der Waals surface area contributed by atoms with Crippen molar-refractivity contribution in [2.24, 2.45) is 0 Å².